The number of carboxylic acids is 1. The standard InChI is InChI=1S/C9H11NO.C2H4O2/c1-2-9(11)10-8-6-4-3-5-7-8;1-2(3)4/h3-7H,2H2,1H3,(H,10,11);1H3,(H,3,4). The van der Waals surface area contributed by atoms with Gasteiger partial charge in [0.05, 0.1) is 0 Å². The van der Waals surface area contributed by atoms with Gasteiger partial charge in [0.1, 0.15) is 0 Å². The van der Waals surface area contributed by atoms with Gasteiger partial charge in [-0.25, -0.2) is 0 Å². The molecule has 0 aliphatic rings. The van der Waals surface area contributed by atoms with E-state index in [-0.39, 0.29) is 5.91 Å². The Morgan fingerprint density at radius 2 is 1.73 bits per heavy atom. The van der Waals surface area contributed by atoms with Crippen molar-refractivity contribution in [2.45, 2.75) is 20.3 Å². The molecule has 0 saturated heterocycles. The van der Waals surface area contributed by atoms with Gasteiger partial charge in [0.15, 0.2) is 0 Å². The Bertz CT molecular complexity index is 305. The summed E-state index contributed by atoms with van der Waals surface area (Å²) in [6, 6.07) is 9.44. The molecule has 1 aromatic carbocycles. The number of benzene rings is 1. The van der Waals surface area contributed by atoms with E-state index in [1.165, 1.54) is 0 Å². The number of carbonyl (C=O) groups excluding carboxylic acids is 1. The molecule has 4 nitrogen and oxygen atoms in total. The highest BCUT2D eigenvalue weighted by atomic mass is 16.4. The van der Waals surface area contributed by atoms with Gasteiger partial charge in [-0.1, -0.05) is 25.1 Å². The zero-order valence-electron chi connectivity index (χ0n) is 8.86. The van der Waals surface area contributed by atoms with E-state index < -0.39 is 5.97 Å². The van der Waals surface area contributed by atoms with Crippen molar-refractivity contribution in [3.63, 3.8) is 0 Å². The minimum atomic E-state index is -0.833. The Balaban J connectivity index is 0.000000423. The van der Waals surface area contributed by atoms with Gasteiger partial charge in [0, 0.05) is 19.0 Å². The average Bonchev–Trinajstić information content (AvgIpc) is 2.18. The number of hydrogen-bond acceptors (Lipinski definition) is 2. The summed E-state index contributed by atoms with van der Waals surface area (Å²) in [6.45, 7) is 2.91. The number of carbonyl (C=O) groups is 2. The van der Waals surface area contributed by atoms with Crippen molar-refractivity contribution in [1.29, 1.82) is 0 Å². The fourth-order valence-electron chi connectivity index (χ4n) is 0.771. The molecule has 0 aliphatic heterocycles. The Morgan fingerprint density at radius 3 is 2.13 bits per heavy atom. The molecule has 15 heavy (non-hydrogen) atoms. The second kappa shape index (κ2) is 7.55. The molecule has 0 heterocycles. The summed E-state index contributed by atoms with van der Waals surface area (Å²) in [6.07, 6.45) is 0.523. The average molecular weight is 209 g/mol. The predicted octanol–water partition coefficient (Wildman–Crippen LogP) is 2.13. The van der Waals surface area contributed by atoms with Gasteiger partial charge in [0.2, 0.25) is 5.91 Å². The van der Waals surface area contributed by atoms with E-state index in [1.807, 2.05) is 37.3 Å². The molecule has 0 aliphatic carbocycles. The van der Waals surface area contributed by atoms with Crippen molar-refractivity contribution in [1.82, 2.24) is 0 Å². The minimum Gasteiger partial charge on any atom is -0.481 e. The molecule has 2 N–H and O–H groups in total. The van der Waals surface area contributed by atoms with Crippen molar-refractivity contribution in [3.05, 3.63) is 30.3 Å². The Labute approximate surface area is 88.9 Å². The molecule has 0 radical (unpaired) electrons. The van der Waals surface area contributed by atoms with Gasteiger partial charge in [0.25, 0.3) is 5.97 Å². The van der Waals surface area contributed by atoms with Crippen LogP contribution in [0.4, 0.5) is 5.69 Å². The maximum Gasteiger partial charge on any atom is 0.300 e. The molecule has 1 amide bonds. The number of nitrogens with one attached hydrogen (secondary N) is 1. The highest BCUT2D eigenvalue weighted by Gasteiger charge is 1.95. The lowest BCUT2D eigenvalue weighted by molar-refractivity contribution is -0.134. The van der Waals surface area contributed by atoms with E-state index in [0.29, 0.717) is 6.42 Å². The van der Waals surface area contributed by atoms with Crippen LogP contribution in [0.5, 0.6) is 0 Å². The van der Waals surface area contributed by atoms with Crippen LogP contribution in [0.25, 0.3) is 0 Å². The number of hydrogen-bond donors (Lipinski definition) is 2. The maximum absolute atomic E-state index is 10.9. The Morgan fingerprint density at radius 1 is 1.27 bits per heavy atom. The van der Waals surface area contributed by atoms with Gasteiger partial charge in [-0.3, -0.25) is 9.59 Å². The lowest BCUT2D eigenvalue weighted by Gasteiger charge is -2.00. The van der Waals surface area contributed by atoms with Crippen LogP contribution in [0.1, 0.15) is 20.3 Å². The van der Waals surface area contributed by atoms with Gasteiger partial charge < -0.3 is 10.4 Å². The highest BCUT2D eigenvalue weighted by molar-refractivity contribution is 5.90. The van der Waals surface area contributed by atoms with Gasteiger partial charge in [-0.05, 0) is 12.1 Å². The molecule has 82 valence electrons. The zero-order chi connectivity index (χ0) is 11.7. The van der Waals surface area contributed by atoms with E-state index in [9.17, 15) is 4.79 Å². The van der Waals surface area contributed by atoms with Crippen LogP contribution in [0.15, 0.2) is 30.3 Å². The van der Waals surface area contributed by atoms with E-state index in [4.69, 9.17) is 9.90 Å². The first-order valence-corrected chi connectivity index (χ1v) is 4.60. The van der Waals surface area contributed by atoms with Gasteiger partial charge in [-0.15, -0.1) is 0 Å². The third-order valence-electron chi connectivity index (χ3n) is 1.38. The third kappa shape index (κ3) is 8.49. The van der Waals surface area contributed by atoms with E-state index >= 15 is 0 Å². The largest absolute Gasteiger partial charge is 0.481 e. The molecule has 0 aromatic heterocycles. The smallest absolute Gasteiger partial charge is 0.300 e. The van der Waals surface area contributed by atoms with Crippen molar-refractivity contribution in [2.24, 2.45) is 0 Å². The second-order valence-electron chi connectivity index (χ2n) is 2.79. The Kier molecular flexibility index (Phi) is 6.63. The summed E-state index contributed by atoms with van der Waals surface area (Å²) in [5.41, 5.74) is 0.861. The second-order valence-corrected chi connectivity index (χ2v) is 2.79. The maximum atomic E-state index is 10.9. The van der Waals surface area contributed by atoms with Gasteiger partial charge in [-0.2, -0.15) is 0 Å². The molecule has 0 spiro atoms. The summed E-state index contributed by atoms with van der Waals surface area (Å²) in [7, 11) is 0. The molecule has 1 rings (SSSR count). The number of anilines is 1. The van der Waals surface area contributed by atoms with Crippen molar-refractivity contribution < 1.29 is 14.7 Å². The third-order valence-corrected chi connectivity index (χ3v) is 1.38. The number of amides is 1. The van der Waals surface area contributed by atoms with Crippen molar-refractivity contribution in [2.75, 3.05) is 5.32 Å². The predicted molar refractivity (Wildman–Crippen MR) is 58.7 cm³/mol. The van der Waals surface area contributed by atoms with Crippen LogP contribution in [0, 0.1) is 0 Å². The van der Waals surface area contributed by atoms with Crippen LogP contribution in [-0.4, -0.2) is 17.0 Å². The van der Waals surface area contributed by atoms with E-state index in [2.05, 4.69) is 5.32 Å². The topological polar surface area (TPSA) is 66.4 Å². The Hall–Kier alpha value is -1.84. The summed E-state index contributed by atoms with van der Waals surface area (Å²) in [5.74, 6) is -0.781. The summed E-state index contributed by atoms with van der Waals surface area (Å²) >= 11 is 0. The fourth-order valence-corrected chi connectivity index (χ4v) is 0.771. The van der Waals surface area contributed by atoms with Crippen LogP contribution >= 0.6 is 0 Å². The van der Waals surface area contributed by atoms with E-state index in [1.54, 1.807) is 0 Å². The van der Waals surface area contributed by atoms with Crippen molar-refractivity contribution >= 4 is 17.6 Å². The molecule has 0 bridgehead atoms. The van der Waals surface area contributed by atoms with Crippen LogP contribution in [-0.2, 0) is 9.59 Å². The molecule has 0 fully saturated rings. The first-order chi connectivity index (χ1) is 7.06. The van der Waals surface area contributed by atoms with Crippen LogP contribution in [0.2, 0.25) is 0 Å². The monoisotopic (exact) mass is 209 g/mol. The quantitative estimate of drug-likeness (QED) is 0.784. The first-order valence-electron chi connectivity index (χ1n) is 4.60. The van der Waals surface area contributed by atoms with Crippen LogP contribution in [0.3, 0.4) is 0 Å². The number of aliphatic carboxylic acids is 1. The molecule has 0 unspecified atom stereocenters. The summed E-state index contributed by atoms with van der Waals surface area (Å²) in [5, 5.41) is 10.2. The molecule has 4 heteroatoms. The van der Waals surface area contributed by atoms with Crippen LogP contribution < -0.4 is 5.32 Å². The zero-order valence-corrected chi connectivity index (χ0v) is 8.86. The van der Waals surface area contributed by atoms with E-state index in [0.717, 1.165) is 12.6 Å². The lowest BCUT2D eigenvalue weighted by Crippen LogP contribution is -2.08. The molecular formula is C11H15NO3. The van der Waals surface area contributed by atoms with Crippen molar-refractivity contribution in [3.8, 4) is 0 Å². The molecule has 1 aromatic rings. The lowest BCUT2D eigenvalue weighted by atomic mass is 10.3. The number of para-hydroxylation sites is 1. The SMILES string of the molecule is CC(=O)O.CCC(=O)Nc1ccccc1. The summed E-state index contributed by atoms with van der Waals surface area (Å²) in [4.78, 5) is 19.9. The first kappa shape index (κ1) is 13.2. The fraction of sp³-hybridized carbons (Fsp3) is 0.273. The highest BCUT2D eigenvalue weighted by Crippen LogP contribution is 2.04. The molecule has 0 saturated carbocycles. The minimum absolute atomic E-state index is 0.0520. The number of carboxylic acid groups (broad SMARTS) is 1. The number of rotatable bonds is 2. The normalized spacial score (nSPS) is 8.40. The van der Waals surface area contributed by atoms with Gasteiger partial charge >= 0.3 is 0 Å². The summed E-state index contributed by atoms with van der Waals surface area (Å²) < 4.78 is 0. The molecular weight excluding hydrogens is 194 g/mol. The molecule has 0 atom stereocenters.